The van der Waals surface area contributed by atoms with Crippen LogP contribution >= 0.6 is 0 Å². The number of carbonyl (C=O) groups excluding carboxylic acids is 2. The van der Waals surface area contributed by atoms with Crippen LogP contribution in [-0.2, 0) is 11.3 Å². The lowest BCUT2D eigenvalue weighted by atomic mass is 9.98. The lowest BCUT2D eigenvalue weighted by molar-refractivity contribution is 0.0524. The maximum absolute atomic E-state index is 12.8. The molecule has 25 heavy (non-hydrogen) atoms. The number of carbonyl (C=O) groups is 2. The van der Waals surface area contributed by atoms with Gasteiger partial charge in [-0.2, -0.15) is 0 Å². The summed E-state index contributed by atoms with van der Waals surface area (Å²) in [5.41, 5.74) is 1.77. The Hall–Kier alpha value is -2.43. The van der Waals surface area contributed by atoms with Crippen molar-refractivity contribution in [3.63, 3.8) is 0 Å². The maximum Gasteiger partial charge on any atom is 0.343 e. The Kier molecular flexibility index (Phi) is 6.12. The highest BCUT2D eigenvalue weighted by Crippen LogP contribution is 2.21. The number of hydrogen-bond acceptors (Lipinski definition) is 4. The van der Waals surface area contributed by atoms with Crippen LogP contribution < -0.4 is 5.43 Å². The van der Waals surface area contributed by atoms with Gasteiger partial charge in [0.15, 0.2) is 5.78 Å². The molecule has 5 nitrogen and oxygen atoms in total. The van der Waals surface area contributed by atoms with Gasteiger partial charge in [0.25, 0.3) is 0 Å². The third-order valence-corrected chi connectivity index (χ3v) is 4.16. The quantitative estimate of drug-likeness (QED) is 0.565. The number of benzene rings is 1. The van der Waals surface area contributed by atoms with E-state index in [1.807, 2.05) is 31.4 Å². The first kappa shape index (κ1) is 18.9. The molecule has 0 saturated carbocycles. The monoisotopic (exact) mass is 343 g/mol. The van der Waals surface area contributed by atoms with Gasteiger partial charge in [0.2, 0.25) is 5.43 Å². The third-order valence-electron chi connectivity index (χ3n) is 4.16. The van der Waals surface area contributed by atoms with Crippen LogP contribution in [0.2, 0.25) is 0 Å². The molecule has 0 aliphatic carbocycles. The summed E-state index contributed by atoms with van der Waals surface area (Å²) in [5.74, 6) is -0.605. The van der Waals surface area contributed by atoms with E-state index in [9.17, 15) is 14.4 Å². The van der Waals surface area contributed by atoms with Gasteiger partial charge in [-0.3, -0.25) is 9.59 Å². The molecule has 2 rings (SSSR count). The molecule has 0 unspecified atom stereocenters. The molecule has 134 valence electrons. The second-order valence-corrected chi connectivity index (χ2v) is 6.14. The summed E-state index contributed by atoms with van der Waals surface area (Å²) in [6.45, 7) is 8.43. The standard InChI is InChI=1S/C20H25NO4/c1-5-8-18(22)14-11-15-17(10-13(14)4)21(9-6-2)12-16(19(15)23)20(24)25-7-3/h10-12H,5-9H2,1-4H3. The molecule has 5 heteroatoms. The minimum atomic E-state index is -0.624. The number of rotatable bonds is 7. The fourth-order valence-electron chi connectivity index (χ4n) is 2.98. The summed E-state index contributed by atoms with van der Waals surface area (Å²) < 4.78 is 6.90. The van der Waals surface area contributed by atoms with Crippen molar-refractivity contribution in [2.75, 3.05) is 6.61 Å². The third kappa shape index (κ3) is 3.81. The van der Waals surface area contributed by atoms with E-state index in [1.165, 1.54) is 0 Å². The number of aryl methyl sites for hydroxylation is 2. The highest BCUT2D eigenvalue weighted by atomic mass is 16.5. The molecular weight excluding hydrogens is 318 g/mol. The molecule has 0 amide bonds. The summed E-state index contributed by atoms with van der Waals surface area (Å²) in [5, 5.41) is 0.393. The second-order valence-electron chi connectivity index (χ2n) is 6.14. The van der Waals surface area contributed by atoms with E-state index in [0.717, 1.165) is 23.9 Å². The summed E-state index contributed by atoms with van der Waals surface area (Å²) in [6, 6.07) is 3.50. The van der Waals surface area contributed by atoms with Gasteiger partial charge in [-0.15, -0.1) is 0 Å². The molecule has 0 spiro atoms. The van der Waals surface area contributed by atoms with E-state index in [2.05, 4.69) is 0 Å². The van der Waals surface area contributed by atoms with E-state index < -0.39 is 5.97 Å². The van der Waals surface area contributed by atoms with E-state index in [1.54, 1.807) is 19.2 Å². The van der Waals surface area contributed by atoms with Gasteiger partial charge in [-0.05, 0) is 44.4 Å². The van der Waals surface area contributed by atoms with E-state index in [0.29, 0.717) is 23.9 Å². The predicted octanol–water partition coefficient (Wildman–Crippen LogP) is 3.88. The zero-order chi connectivity index (χ0) is 18.6. The summed E-state index contributed by atoms with van der Waals surface area (Å²) >= 11 is 0. The molecule has 0 atom stereocenters. The van der Waals surface area contributed by atoms with E-state index in [4.69, 9.17) is 4.74 Å². The first-order valence-corrected chi connectivity index (χ1v) is 8.82. The van der Waals surface area contributed by atoms with Crippen molar-refractivity contribution >= 4 is 22.7 Å². The minimum absolute atomic E-state index is 0.0144. The molecule has 0 aliphatic rings. The normalized spacial score (nSPS) is 10.9. The number of pyridine rings is 1. The Morgan fingerprint density at radius 3 is 2.40 bits per heavy atom. The molecule has 1 aromatic heterocycles. The Bertz CT molecular complexity index is 864. The van der Waals surface area contributed by atoms with Crippen LogP contribution in [0.25, 0.3) is 10.9 Å². The van der Waals surface area contributed by atoms with Crippen LogP contribution in [0.15, 0.2) is 23.1 Å². The van der Waals surface area contributed by atoms with Crippen molar-refractivity contribution in [2.24, 2.45) is 0 Å². The van der Waals surface area contributed by atoms with Crippen LogP contribution in [0.3, 0.4) is 0 Å². The van der Waals surface area contributed by atoms with Gasteiger partial charge in [0, 0.05) is 30.1 Å². The molecule has 0 radical (unpaired) electrons. The molecule has 1 aromatic carbocycles. The first-order valence-electron chi connectivity index (χ1n) is 8.82. The average molecular weight is 343 g/mol. The highest BCUT2D eigenvalue weighted by molar-refractivity contribution is 6.02. The van der Waals surface area contributed by atoms with Crippen LogP contribution in [0, 0.1) is 6.92 Å². The van der Waals surface area contributed by atoms with Crippen molar-refractivity contribution < 1.29 is 14.3 Å². The maximum atomic E-state index is 12.8. The molecule has 1 heterocycles. The van der Waals surface area contributed by atoms with Gasteiger partial charge >= 0.3 is 5.97 Å². The molecule has 0 aliphatic heterocycles. The van der Waals surface area contributed by atoms with Crippen molar-refractivity contribution in [1.82, 2.24) is 4.57 Å². The molecular formula is C20H25NO4. The van der Waals surface area contributed by atoms with Crippen molar-refractivity contribution in [3.05, 3.63) is 45.2 Å². The lowest BCUT2D eigenvalue weighted by Crippen LogP contribution is -2.21. The predicted molar refractivity (Wildman–Crippen MR) is 98.4 cm³/mol. The van der Waals surface area contributed by atoms with Crippen molar-refractivity contribution in [3.8, 4) is 0 Å². The Morgan fingerprint density at radius 1 is 1.08 bits per heavy atom. The van der Waals surface area contributed by atoms with Gasteiger partial charge in [-0.1, -0.05) is 13.8 Å². The molecule has 0 saturated heterocycles. The number of aromatic nitrogens is 1. The number of esters is 1. The Morgan fingerprint density at radius 2 is 1.80 bits per heavy atom. The number of ether oxygens (including phenoxy) is 1. The fourth-order valence-corrected chi connectivity index (χ4v) is 2.98. The zero-order valence-electron chi connectivity index (χ0n) is 15.3. The summed E-state index contributed by atoms with van der Waals surface area (Å²) in [7, 11) is 0. The highest BCUT2D eigenvalue weighted by Gasteiger charge is 2.19. The number of fused-ring (bicyclic) bond motifs is 1. The number of hydrogen-bond donors (Lipinski definition) is 0. The minimum Gasteiger partial charge on any atom is -0.462 e. The van der Waals surface area contributed by atoms with Crippen LogP contribution in [0.1, 0.15) is 66.3 Å². The summed E-state index contributed by atoms with van der Waals surface area (Å²) in [6.07, 6.45) is 3.61. The average Bonchev–Trinajstić information content (AvgIpc) is 2.57. The number of Topliss-reactive ketones (excluding diaryl/α,β-unsaturated/α-hetero) is 1. The van der Waals surface area contributed by atoms with Crippen LogP contribution in [-0.4, -0.2) is 22.9 Å². The van der Waals surface area contributed by atoms with Gasteiger partial charge in [0.1, 0.15) is 5.56 Å². The number of ketones is 1. The smallest absolute Gasteiger partial charge is 0.343 e. The molecule has 0 N–H and O–H groups in total. The fraction of sp³-hybridized carbons (Fsp3) is 0.450. The Balaban J connectivity index is 2.77. The van der Waals surface area contributed by atoms with Crippen molar-refractivity contribution in [1.29, 1.82) is 0 Å². The molecule has 2 aromatic rings. The molecule has 0 bridgehead atoms. The van der Waals surface area contributed by atoms with Crippen molar-refractivity contribution in [2.45, 2.75) is 53.5 Å². The second kappa shape index (κ2) is 8.10. The number of nitrogens with zero attached hydrogens (tertiary/aromatic N) is 1. The van der Waals surface area contributed by atoms with E-state index in [-0.39, 0.29) is 23.4 Å². The van der Waals surface area contributed by atoms with Gasteiger partial charge in [0.05, 0.1) is 12.1 Å². The van der Waals surface area contributed by atoms with Crippen LogP contribution in [0.4, 0.5) is 0 Å². The largest absolute Gasteiger partial charge is 0.462 e. The SMILES string of the molecule is CCCC(=O)c1cc2c(=O)c(C(=O)OCC)cn(CCC)c2cc1C. The lowest BCUT2D eigenvalue weighted by Gasteiger charge is -2.14. The van der Waals surface area contributed by atoms with Gasteiger partial charge < -0.3 is 9.30 Å². The first-order chi connectivity index (χ1) is 11.9. The van der Waals surface area contributed by atoms with Crippen LogP contribution in [0.5, 0.6) is 0 Å². The molecule has 0 fully saturated rings. The van der Waals surface area contributed by atoms with Gasteiger partial charge in [-0.25, -0.2) is 4.79 Å². The zero-order valence-corrected chi connectivity index (χ0v) is 15.3. The topological polar surface area (TPSA) is 65.4 Å². The summed E-state index contributed by atoms with van der Waals surface area (Å²) in [4.78, 5) is 37.3. The Labute approximate surface area is 147 Å². The van der Waals surface area contributed by atoms with E-state index >= 15 is 0 Å².